The van der Waals surface area contributed by atoms with Gasteiger partial charge in [-0.25, -0.2) is 4.39 Å². The van der Waals surface area contributed by atoms with E-state index < -0.39 is 5.82 Å². The molecule has 1 aromatic carbocycles. The molecular weight excluding hydrogens is 269 g/mol. The van der Waals surface area contributed by atoms with Crippen LogP contribution in [0.3, 0.4) is 0 Å². The highest BCUT2D eigenvalue weighted by molar-refractivity contribution is 5.95. The molecule has 2 N–H and O–H groups in total. The van der Waals surface area contributed by atoms with Crippen molar-refractivity contribution in [2.75, 3.05) is 25.9 Å². The van der Waals surface area contributed by atoms with Gasteiger partial charge >= 0.3 is 0 Å². The Morgan fingerprint density at radius 2 is 1.95 bits per heavy atom. The monoisotopic (exact) mass is 293 g/mol. The molecule has 0 saturated carbocycles. The fraction of sp³-hybridized carbons (Fsp3) is 0.562. The second-order valence-electron chi connectivity index (χ2n) is 6.05. The molecule has 1 saturated heterocycles. The zero-order valence-electron chi connectivity index (χ0n) is 13.0. The molecule has 0 bridgehead atoms. The van der Waals surface area contributed by atoms with Crippen LogP contribution in [-0.2, 0) is 0 Å². The normalized spacial score (nSPS) is 17.2. The number of benzene rings is 1. The second-order valence-corrected chi connectivity index (χ2v) is 6.05. The number of carbonyl (C=O) groups is 1. The van der Waals surface area contributed by atoms with E-state index in [1.54, 1.807) is 11.9 Å². The van der Waals surface area contributed by atoms with Crippen molar-refractivity contribution in [1.29, 1.82) is 0 Å². The van der Waals surface area contributed by atoms with E-state index in [0.717, 1.165) is 25.9 Å². The summed E-state index contributed by atoms with van der Waals surface area (Å²) in [7, 11) is 1.79. The van der Waals surface area contributed by atoms with Gasteiger partial charge in [0.2, 0.25) is 0 Å². The third-order valence-corrected chi connectivity index (χ3v) is 4.26. The first-order valence-electron chi connectivity index (χ1n) is 7.45. The van der Waals surface area contributed by atoms with Crippen LogP contribution in [0.15, 0.2) is 18.2 Å². The molecule has 0 unspecified atom stereocenters. The van der Waals surface area contributed by atoms with Crippen molar-refractivity contribution in [3.63, 3.8) is 0 Å². The number of hydrogen-bond acceptors (Lipinski definition) is 3. The molecule has 0 radical (unpaired) electrons. The number of rotatable bonds is 3. The molecule has 1 fully saturated rings. The molecule has 0 atom stereocenters. The largest absolute Gasteiger partial charge is 0.399 e. The van der Waals surface area contributed by atoms with Gasteiger partial charge in [0, 0.05) is 43.5 Å². The van der Waals surface area contributed by atoms with Crippen LogP contribution in [0.2, 0.25) is 0 Å². The zero-order valence-corrected chi connectivity index (χ0v) is 13.0. The smallest absolute Gasteiger partial charge is 0.254 e. The Morgan fingerprint density at radius 1 is 1.33 bits per heavy atom. The molecule has 2 rings (SSSR count). The minimum Gasteiger partial charge on any atom is -0.399 e. The first-order valence-corrected chi connectivity index (χ1v) is 7.45. The SMILES string of the molecule is CC(C)N1CCC(N(C)C(=O)c2cc(N)cc(F)c2)CC1. The number of nitrogens with zero attached hydrogens (tertiary/aromatic N) is 2. The Labute approximate surface area is 125 Å². The standard InChI is InChI=1S/C16H24FN3O/c1-11(2)20-6-4-15(5-7-20)19(3)16(21)12-8-13(17)10-14(18)9-12/h8-11,15H,4-7,18H2,1-3H3. The average Bonchev–Trinajstić information content (AvgIpc) is 2.44. The number of hydrogen-bond donors (Lipinski definition) is 1. The fourth-order valence-electron chi connectivity index (χ4n) is 2.89. The number of anilines is 1. The number of likely N-dealkylation sites (tertiary alicyclic amines) is 1. The van der Waals surface area contributed by atoms with Gasteiger partial charge < -0.3 is 15.5 Å². The van der Waals surface area contributed by atoms with Gasteiger partial charge in [0.25, 0.3) is 5.91 Å². The van der Waals surface area contributed by atoms with Gasteiger partial charge in [0.05, 0.1) is 0 Å². The van der Waals surface area contributed by atoms with E-state index in [2.05, 4.69) is 18.7 Å². The van der Waals surface area contributed by atoms with Crippen molar-refractivity contribution >= 4 is 11.6 Å². The molecule has 1 aliphatic rings. The molecule has 0 aromatic heterocycles. The summed E-state index contributed by atoms with van der Waals surface area (Å²) in [6.45, 7) is 6.35. The summed E-state index contributed by atoms with van der Waals surface area (Å²) in [5.41, 5.74) is 6.21. The Kier molecular flexibility index (Phi) is 4.83. The highest BCUT2D eigenvalue weighted by Gasteiger charge is 2.27. The minimum atomic E-state index is -0.471. The third kappa shape index (κ3) is 3.73. The first kappa shape index (κ1) is 15.8. The molecular formula is C16H24FN3O. The molecule has 1 aromatic rings. The number of carbonyl (C=O) groups excluding carboxylic acids is 1. The van der Waals surface area contributed by atoms with E-state index in [0.29, 0.717) is 11.6 Å². The summed E-state index contributed by atoms with van der Waals surface area (Å²) in [5, 5.41) is 0. The van der Waals surface area contributed by atoms with Crippen LogP contribution >= 0.6 is 0 Å². The van der Waals surface area contributed by atoms with Gasteiger partial charge in [0.15, 0.2) is 0 Å². The number of amides is 1. The van der Waals surface area contributed by atoms with Crippen molar-refractivity contribution in [3.8, 4) is 0 Å². The van der Waals surface area contributed by atoms with Crippen LogP contribution in [0.5, 0.6) is 0 Å². The van der Waals surface area contributed by atoms with E-state index in [1.165, 1.54) is 18.2 Å². The Bertz CT molecular complexity index is 490. The average molecular weight is 293 g/mol. The zero-order chi connectivity index (χ0) is 15.6. The summed E-state index contributed by atoms with van der Waals surface area (Å²) in [4.78, 5) is 16.6. The van der Waals surface area contributed by atoms with E-state index in [-0.39, 0.29) is 17.6 Å². The lowest BCUT2D eigenvalue weighted by Gasteiger charge is -2.38. The van der Waals surface area contributed by atoms with Crippen LogP contribution in [-0.4, -0.2) is 47.9 Å². The number of halogens is 1. The van der Waals surface area contributed by atoms with Crippen molar-refractivity contribution in [2.45, 2.75) is 38.8 Å². The second kappa shape index (κ2) is 6.43. The lowest BCUT2D eigenvalue weighted by Crippen LogP contribution is -2.47. The molecule has 1 aliphatic heterocycles. The quantitative estimate of drug-likeness (QED) is 0.870. The van der Waals surface area contributed by atoms with E-state index >= 15 is 0 Å². The van der Waals surface area contributed by atoms with E-state index in [1.807, 2.05) is 0 Å². The van der Waals surface area contributed by atoms with Crippen LogP contribution in [0.4, 0.5) is 10.1 Å². The van der Waals surface area contributed by atoms with Crippen molar-refractivity contribution in [1.82, 2.24) is 9.80 Å². The summed E-state index contributed by atoms with van der Waals surface area (Å²) in [6, 6.07) is 4.74. The van der Waals surface area contributed by atoms with Gasteiger partial charge in [-0.05, 0) is 44.9 Å². The van der Waals surface area contributed by atoms with Crippen LogP contribution in [0.1, 0.15) is 37.0 Å². The van der Waals surface area contributed by atoms with Gasteiger partial charge in [0.1, 0.15) is 5.82 Å². The molecule has 116 valence electrons. The van der Waals surface area contributed by atoms with E-state index in [4.69, 9.17) is 5.73 Å². The number of piperidine rings is 1. The van der Waals surface area contributed by atoms with Gasteiger partial charge in [-0.3, -0.25) is 4.79 Å². The highest BCUT2D eigenvalue weighted by Crippen LogP contribution is 2.20. The molecule has 4 nitrogen and oxygen atoms in total. The molecule has 21 heavy (non-hydrogen) atoms. The van der Waals surface area contributed by atoms with Crippen molar-refractivity contribution in [2.24, 2.45) is 0 Å². The van der Waals surface area contributed by atoms with Crippen LogP contribution in [0.25, 0.3) is 0 Å². The first-order chi connectivity index (χ1) is 9.88. The molecule has 1 amide bonds. The molecule has 1 heterocycles. The molecule has 0 spiro atoms. The minimum absolute atomic E-state index is 0.163. The summed E-state index contributed by atoms with van der Waals surface area (Å²) < 4.78 is 13.4. The number of nitrogens with two attached hydrogens (primary N) is 1. The van der Waals surface area contributed by atoms with Crippen LogP contribution in [0, 0.1) is 5.82 Å². The Balaban J connectivity index is 2.03. The Hall–Kier alpha value is -1.62. The maximum absolute atomic E-state index is 13.4. The highest BCUT2D eigenvalue weighted by atomic mass is 19.1. The van der Waals surface area contributed by atoms with E-state index in [9.17, 15) is 9.18 Å². The van der Waals surface area contributed by atoms with Gasteiger partial charge in [-0.2, -0.15) is 0 Å². The van der Waals surface area contributed by atoms with Crippen LogP contribution < -0.4 is 5.73 Å². The van der Waals surface area contributed by atoms with Crippen molar-refractivity contribution in [3.05, 3.63) is 29.6 Å². The summed E-state index contributed by atoms with van der Waals surface area (Å²) in [5.74, 6) is -0.634. The van der Waals surface area contributed by atoms with Crippen molar-refractivity contribution < 1.29 is 9.18 Å². The summed E-state index contributed by atoms with van der Waals surface area (Å²) >= 11 is 0. The van der Waals surface area contributed by atoms with Gasteiger partial charge in [-0.1, -0.05) is 0 Å². The summed E-state index contributed by atoms with van der Waals surface area (Å²) in [6.07, 6.45) is 1.90. The predicted octanol–water partition coefficient (Wildman–Crippen LogP) is 2.35. The lowest BCUT2D eigenvalue weighted by molar-refractivity contribution is 0.0615. The maximum atomic E-state index is 13.4. The Morgan fingerprint density at radius 3 is 2.48 bits per heavy atom. The molecule has 0 aliphatic carbocycles. The number of nitrogen functional groups attached to an aromatic ring is 1. The maximum Gasteiger partial charge on any atom is 0.254 e. The predicted molar refractivity (Wildman–Crippen MR) is 82.6 cm³/mol. The fourth-order valence-corrected chi connectivity index (χ4v) is 2.89. The van der Waals surface area contributed by atoms with Gasteiger partial charge in [-0.15, -0.1) is 0 Å². The topological polar surface area (TPSA) is 49.6 Å². The lowest BCUT2D eigenvalue weighted by atomic mass is 10.0. The molecule has 5 heteroatoms. The third-order valence-electron chi connectivity index (χ3n) is 4.26.